The highest BCUT2D eigenvalue weighted by Gasteiger charge is 2.29. The molecule has 1 N–H and O–H groups in total. The monoisotopic (exact) mass is 300 g/mol. The second-order valence-electron chi connectivity index (χ2n) is 5.83. The number of nitrogens with zero attached hydrogens (tertiary/aromatic N) is 1. The smallest absolute Gasteiger partial charge is 0.123 e. The number of hydrogen-bond donors (Lipinski definition) is 1. The minimum atomic E-state index is 0.311. The van der Waals surface area contributed by atoms with Gasteiger partial charge in [-0.25, -0.2) is 4.98 Å². The van der Waals surface area contributed by atoms with E-state index in [-0.39, 0.29) is 0 Å². The van der Waals surface area contributed by atoms with E-state index in [1.54, 1.807) is 0 Å². The van der Waals surface area contributed by atoms with Crippen LogP contribution in [-0.2, 0) is 13.0 Å². The maximum absolute atomic E-state index is 5.81. The van der Waals surface area contributed by atoms with Gasteiger partial charge in [0.05, 0.1) is 11.6 Å². The third kappa shape index (κ3) is 2.58. The average molecular weight is 300 g/mol. The van der Waals surface area contributed by atoms with Crippen LogP contribution >= 0.6 is 11.3 Å². The molecule has 0 saturated heterocycles. The molecule has 2 aliphatic rings. The third-order valence-corrected chi connectivity index (χ3v) is 5.47. The van der Waals surface area contributed by atoms with Crippen molar-refractivity contribution >= 4 is 11.3 Å². The second kappa shape index (κ2) is 5.43. The van der Waals surface area contributed by atoms with E-state index in [9.17, 15) is 0 Å². The van der Waals surface area contributed by atoms with Crippen molar-refractivity contribution in [3.05, 3.63) is 45.4 Å². The van der Waals surface area contributed by atoms with E-state index in [4.69, 9.17) is 9.72 Å². The molecule has 1 saturated carbocycles. The summed E-state index contributed by atoms with van der Waals surface area (Å²) in [7, 11) is 0. The maximum atomic E-state index is 5.81. The summed E-state index contributed by atoms with van der Waals surface area (Å²) >= 11 is 1.86. The van der Waals surface area contributed by atoms with Gasteiger partial charge >= 0.3 is 0 Å². The average Bonchev–Trinajstić information content (AvgIpc) is 3.10. The Labute approximate surface area is 129 Å². The summed E-state index contributed by atoms with van der Waals surface area (Å²) in [6.45, 7) is 3.89. The molecule has 110 valence electrons. The Bertz CT molecular complexity index is 648. The van der Waals surface area contributed by atoms with Gasteiger partial charge in [0.1, 0.15) is 17.4 Å². The Morgan fingerprint density at radius 1 is 1.33 bits per heavy atom. The molecule has 21 heavy (non-hydrogen) atoms. The van der Waals surface area contributed by atoms with Crippen molar-refractivity contribution in [2.24, 2.45) is 0 Å². The van der Waals surface area contributed by atoms with Gasteiger partial charge in [0.25, 0.3) is 0 Å². The fraction of sp³-hybridized carbons (Fsp3) is 0.471. The number of fused-ring (bicyclic) bond motifs is 1. The highest BCUT2D eigenvalue weighted by Crippen LogP contribution is 2.40. The zero-order valence-corrected chi connectivity index (χ0v) is 13.1. The molecule has 0 radical (unpaired) electrons. The molecule has 1 atom stereocenters. The minimum Gasteiger partial charge on any atom is -0.492 e. The molecule has 2 aromatic rings. The summed E-state index contributed by atoms with van der Waals surface area (Å²) in [5.41, 5.74) is 2.54. The Morgan fingerprint density at radius 2 is 2.19 bits per heavy atom. The van der Waals surface area contributed by atoms with Crippen LogP contribution in [0.3, 0.4) is 0 Å². The Kier molecular flexibility index (Phi) is 3.43. The van der Waals surface area contributed by atoms with Crippen molar-refractivity contribution in [2.75, 3.05) is 6.61 Å². The van der Waals surface area contributed by atoms with Crippen molar-refractivity contribution in [1.82, 2.24) is 10.3 Å². The molecule has 1 aliphatic heterocycles. The lowest BCUT2D eigenvalue weighted by Crippen LogP contribution is -2.15. The van der Waals surface area contributed by atoms with E-state index in [2.05, 4.69) is 30.4 Å². The quantitative estimate of drug-likeness (QED) is 0.918. The number of hydrogen-bond acceptors (Lipinski definition) is 4. The number of aromatic nitrogens is 1. The van der Waals surface area contributed by atoms with Crippen molar-refractivity contribution in [1.29, 1.82) is 0 Å². The van der Waals surface area contributed by atoms with E-state index in [1.165, 1.54) is 34.0 Å². The first-order valence-electron chi connectivity index (χ1n) is 7.78. The summed E-state index contributed by atoms with van der Waals surface area (Å²) in [4.78, 5) is 6.31. The van der Waals surface area contributed by atoms with Crippen LogP contribution in [0.1, 0.15) is 46.8 Å². The van der Waals surface area contributed by atoms with Gasteiger partial charge in [-0.1, -0.05) is 25.1 Å². The molecular formula is C17H20N2OS. The molecule has 3 nitrogen and oxygen atoms in total. The van der Waals surface area contributed by atoms with Crippen LogP contribution in [0.4, 0.5) is 0 Å². The van der Waals surface area contributed by atoms with Crippen LogP contribution in [0.25, 0.3) is 0 Å². The van der Waals surface area contributed by atoms with Gasteiger partial charge in [-0.05, 0) is 25.3 Å². The second-order valence-corrected chi connectivity index (χ2v) is 6.95. The molecule has 0 bridgehead atoms. The standard InChI is InChI=1S/C17H20N2OS/c1-2-14-16(9-18-11-7-8-11)21-17(19-14)13-10-20-15-6-4-3-5-12(13)15/h3-6,11,13,18H,2,7-10H2,1H3. The zero-order chi connectivity index (χ0) is 14.2. The molecule has 1 fully saturated rings. The normalized spacial score (nSPS) is 20.3. The summed E-state index contributed by atoms with van der Waals surface area (Å²) < 4.78 is 5.81. The van der Waals surface area contributed by atoms with Crippen LogP contribution in [0.5, 0.6) is 5.75 Å². The molecule has 1 aliphatic carbocycles. The van der Waals surface area contributed by atoms with Crippen LogP contribution in [0.15, 0.2) is 24.3 Å². The van der Waals surface area contributed by atoms with E-state index in [0.717, 1.165) is 31.4 Å². The number of ether oxygens (including phenoxy) is 1. The lowest BCUT2D eigenvalue weighted by Gasteiger charge is -2.03. The van der Waals surface area contributed by atoms with Gasteiger partial charge in [-0.2, -0.15) is 0 Å². The van der Waals surface area contributed by atoms with Gasteiger partial charge < -0.3 is 10.1 Å². The predicted molar refractivity (Wildman–Crippen MR) is 85.1 cm³/mol. The summed E-state index contributed by atoms with van der Waals surface area (Å²) in [5.74, 6) is 1.33. The molecule has 2 heterocycles. The molecule has 0 spiro atoms. The lowest BCUT2D eigenvalue weighted by atomic mass is 10.0. The van der Waals surface area contributed by atoms with Crippen LogP contribution in [-0.4, -0.2) is 17.6 Å². The fourth-order valence-corrected chi connectivity index (χ4v) is 4.07. The van der Waals surface area contributed by atoms with Gasteiger partial charge in [-0.15, -0.1) is 11.3 Å². The number of para-hydroxylation sites is 1. The molecular weight excluding hydrogens is 280 g/mol. The molecule has 1 aromatic carbocycles. The van der Waals surface area contributed by atoms with Crippen LogP contribution in [0, 0.1) is 0 Å². The number of nitrogens with one attached hydrogen (secondary N) is 1. The first-order chi connectivity index (χ1) is 10.3. The van der Waals surface area contributed by atoms with E-state index in [0.29, 0.717) is 5.92 Å². The van der Waals surface area contributed by atoms with Gasteiger partial charge in [0, 0.05) is 23.0 Å². The van der Waals surface area contributed by atoms with Crippen molar-refractivity contribution in [2.45, 2.75) is 44.7 Å². The Morgan fingerprint density at radius 3 is 3.00 bits per heavy atom. The minimum absolute atomic E-state index is 0.311. The fourth-order valence-electron chi connectivity index (χ4n) is 2.86. The van der Waals surface area contributed by atoms with Crippen LogP contribution < -0.4 is 10.1 Å². The van der Waals surface area contributed by atoms with E-state index in [1.807, 2.05) is 17.4 Å². The third-order valence-electron chi connectivity index (χ3n) is 4.26. The Balaban J connectivity index is 1.60. The van der Waals surface area contributed by atoms with Gasteiger partial charge in [-0.3, -0.25) is 0 Å². The molecule has 1 aromatic heterocycles. The largest absolute Gasteiger partial charge is 0.492 e. The van der Waals surface area contributed by atoms with Crippen molar-refractivity contribution in [3.8, 4) is 5.75 Å². The summed E-state index contributed by atoms with van der Waals surface area (Å²) in [6, 6.07) is 9.09. The maximum Gasteiger partial charge on any atom is 0.123 e. The first kappa shape index (κ1) is 13.3. The van der Waals surface area contributed by atoms with Gasteiger partial charge in [0.15, 0.2) is 0 Å². The Hall–Kier alpha value is -1.39. The van der Waals surface area contributed by atoms with E-state index < -0.39 is 0 Å². The predicted octanol–water partition coefficient (Wildman–Crippen LogP) is 3.48. The number of rotatable bonds is 5. The number of benzene rings is 1. The molecule has 0 amide bonds. The van der Waals surface area contributed by atoms with Crippen molar-refractivity contribution < 1.29 is 4.74 Å². The first-order valence-corrected chi connectivity index (χ1v) is 8.60. The molecule has 4 heteroatoms. The number of aryl methyl sites for hydroxylation is 1. The van der Waals surface area contributed by atoms with Crippen molar-refractivity contribution in [3.63, 3.8) is 0 Å². The van der Waals surface area contributed by atoms with Crippen LogP contribution in [0.2, 0.25) is 0 Å². The van der Waals surface area contributed by atoms with E-state index >= 15 is 0 Å². The molecule has 1 unspecified atom stereocenters. The SMILES string of the molecule is CCc1nc(C2COc3ccccc32)sc1CNC1CC1. The highest BCUT2D eigenvalue weighted by atomic mass is 32.1. The molecule has 4 rings (SSSR count). The summed E-state index contributed by atoms with van der Waals surface area (Å²) in [6.07, 6.45) is 3.67. The zero-order valence-electron chi connectivity index (χ0n) is 12.3. The lowest BCUT2D eigenvalue weighted by molar-refractivity contribution is 0.343. The summed E-state index contributed by atoms with van der Waals surface area (Å²) in [5, 5.41) is 4.82. The highest BCUT2D eigenvalue weighted by molar-refractivity contribution is 7.11. The van der Waals surface area contributed by atoms with Gasteiger partial charge in [0.2, 0.25) is 0 Å². The topological polar surface area (TPSA) is 34.1 Å². The number of thiazole rings is 1.